The van der Waals surface area contributed by atoms with E-state index < -0.39 is 10.0 Å². The number of halogens is 1. The molecule has 1 amide bonds. The second-order valence-electron chi connectivity index (χ2n) is 8.43. The molecule has 0 radical (unpaired) electrons. The highest BCUT2D eigenvalue weighted by molar-refractivity contribution is 7.92. The van der Waals surface area contributed by atoms with Crippen LogP contribution in [0.3, 0.4) is 0 Å². The van der Waals surface area contributed by atoms with Crippen LogP contribution in [0.15, 0.2) is 53.4 Å². The number of hydrogen-bond acceptors (Lipinski definition) is 4. The summed E-state index contributed by atoms with van der Waals surface area (Å²) in [4.78, 5) is 15.2. The zero-order chi connectivity index (χ0) is 22.4. The van der Waals surface area contributed by atoms with Crippen molar-refractivity contribution in [3.05, 3.63) is 59.1 Å². The highest BCUT2D eigenvalue weighted by Gasteiger charge is 2.21. The third kappa shape index (κ3) is 6.69. The van der Waals surface area contributed by atoms with Crippen molar-refractivity contribution in [2.75, 3.05) is 30.9 Å². The Labute approximate surface area is 190 Å². The van der Waals surface area contributed by atoms with Gasteiger partial charge in [0.15, 0.2) is 0 Å². The number of likely N-dealkylation sites (tertiary alicyclic amines) is 1. The summed E-state index contributed by atoms with van der Waals surface area (Å²) in [5, 5.41) is 3.17. The van der Waals surface area contributed by atoms with Gasteiger partial charge in [-0.3, -0.25) is 9.52 Å². The number of sulfonamides is 1. The van der Waals surface area contributed by atoms with E-state index in [-0.39, 0.29) is 27.1 Å². The van der Waals surface area contributed by atoms with Gasteiger partial charge in [-0.1, -0.05) is 43.6 Å². The summed E-state index contributed by atoms with van der Waals surface area (Å²) in [7, 11) is -3.74. The normalized spacial score (nSPS) is 19.7. The topological polar surface area (TPSA) is 78.5 Å². The molecule has 0 unspecified atom stereocenters. The number of piperidine rings is 1. The average Bonchev–Trinajstić information content (AvgIpc) is 2.72. The number of carbonyl (C=O) groups is 1. The molecule has 0 saturated carbocycles. The number of amides is 1. The van der Waals surface area contributed by atoms with Gasteiger partial charge in [0, 0.05) is 25.3 Å². The summed E-state index contributed by atoms with van der Waals surface area (Å²) in [6.07, 6.45) is 2.12. The van der Waals surface area contributed by atoms with Gasteiger partial charge in [0.1, 0.15) is 0 Å². The number of benzene rings is 2. The van der Waals surface area contributed by atoms with Gasteiger partial charge < -0.3 is 10.2 Å². The van der Waals surface area contributed by atoms with Gasteiger partial charge in [-0.2, -0.15) is 0 Å². The van der Waals surface area contributed by atoms with Crippen molar-refractivity contribution in [1.82, 2.24) is 10.2 Å². The number of hydrogen-bond donors (Lipinski definition) is 2. The Hall–Kier alpha value is -2.09. The molecule has 2 N–H and O–H groups in total. The summed E-state index contributed by atoms with van der Waals surface area (Å²) < 4.78 is 27.6. The van der Waals surface area contributed by atoms with E-state index in [2.05, 4.69) is 28.8 Å². The Morgan fingerprint density at radius 2 is 1.77 bits per heavy atom. The summed E-state index contributed by atoms with van der Waals surface area (Å²) in [5.41, 5.74) is 0.532. The summed E-state index contributed by atoms with van der Waals surface area (Å²) in [6, 6.07) is 12.6. The summed E-state index contributed by atoms with van der Waals surface area (Å²) in [6.45, 7) is 8.26. The van der Waals surface area contributed by atoms with Crippen LogP contribution in [0, 0.1) is 11.8 Å². The lowest BCUT2D eigenvalue weighted by Gasteiger charge is -2.34. The first-order valence-corrected chi connectivity index (χ1v) is 12.5. The van der Waals surface area contributed by atoms with Crippen molar-refractivity contribution in [3.63, 3.8) is 0 Å². The maximum atomic E-state index is 12.6. The molecule has 3 rings (SSSR count). The quantitative estimate of drug-likeness (QED) is 0.574. The van der Waals surface area contributed by atoms with Crippen LogP contribution in [0.5, 0.6) is 0 Å². The van der Waals surface area contributed by atoms with Gasteiger partial charge >= 0.3 is 0 Å². The second kappa shape index (κ2) is 10.5. The molecule has 168 valence electrons. The van der Waals surface area contributed by atoms with Gasteiger partial charge in [0.25, 0.3) is 15.9 Å². The molecule has 8 heteroatoms. The highest BCUT2D eigenvalue weighted by Crippen LogP contribution is 2.23. The van der Waals surface area contributed by atoms with Crippen molar-refractivity contribution in [2.24, 2.45) is 11.8 Å². The van der Waals surface area contributed by atoms with Gasteiger partial charge in [-0.25, -0.2) is 8.42 Å². The number of anilines is 1. The maximum Gasteiger partial charge on any atom is 0.261 e. The van der Waals surface area contributed by atoms with Crippen LogP contribution in [-0.2, 0) is 10.0 Å². The molecule has 1 aliphatic heterocycles. The van der Waals surface area contributed by atoms with Crippen LogP contribution >= 0.6 is 11.6 Å². The van der Waals surface area contributed by atoms with Crippen LogP contribution in [0.2, 0.25) is 5.02 Å². The number of carbonyl (C=O) groups excluding carboxylic acids is 1. The first-order chi connectivity index (χ1) is 14.7. The van der Waals surface area contributed by atoms with Crippen molar-refractivity contribution in [3.8, 4) is 0 Å². The Morgan fingerprint density at radius 3 is 2.45 bits per heavy atom. The molecule has 2 aromatic rings. The van der Waals surface area contributed by atoms with Crippen LogP contribution in [0.4, 0.5) is 5.69 Å². The van der Waals surface area contributed by atoms with E-state index in [1.165, 1.54) is 36.8 Å². The SMILES string of the molecule is C[C@@H]1C[C@@H](C)CN(CCCNC(=O)c2cc(NS(=O)(=O)c3ccccc3)ccc2Cl)C1. The van der Waals surface area contributed by atoms with E-state index in [1.807, 2.05) is 0 Å². The van der Waals surface area contributed by atoms with Crippen LogP contribution < -0.4 is 10.0 Å². The van der Waals surface area contributed by atoms with E-state index >= 15 is 0 Å². The molecule has 6 nitrogen and oxygen atoms in total. The summed E-state index contributed by atoms with van der Waals surface area (Å²) >= 11 is 6.20. The highest BCUT2D eigenvalue weighted by atomic mass is 35.5. The Kier molecular flexibility index (Phi) is 7.97. The molecular weight excluding hydrogens is 434 g/mol. The molecule has 31 heavy (non-hydrogen) atoms. The maximum absolute atomic E-state index is 12.6. The van der Waals surface area contributed by atoms with E-state index in [0.29, 0.717) is 18.4 Å². The second-order valence-corrected chi connectivity index (χ2v) is 10.5. The van der Waals surface area contributed by atoms with E-state index in [9.17, 15) is 13.2 Å². The third-order valence-electron chi connectivity index (χ3n) is 5.40. The van der Waals surface area contributed by atoms with Gasteiger partial charge in [-0.15, -0.1) is 0 Å². The zero-order valence-electron chi connectivity index (χ0n) is 18.0. The number of nitrogens with one attached hydrogen (secondary N) is 2. The fourth-order valence-electron chi connectivity index (χ4n) is 4.15. The van der Waals surface area contributed by atoms with Gasteiger partial charge in [0.05, 0.1) is 15.5 Å². The molecule has 0 spiro atoms. The molecule has 0 bridgehead atoms. The first-order valence-electron chi connectivity index (χ1n) is 10.6. The lowest BCUT2D eigenvalue weighted by Crippen LogP contribution is -2.40. The summed E-state index contributed by atoms with van der Waals surface area (Å²) in [5.74, 6) is 1.10. The molecule has 1 aliphatic rings. The lowest BCUT2D eigenvalue weighted by atomic mass is 9.92. The Bertz CT molecular complexity index is 988. The molecule has 2 aromatic carbocycles. The minimum atomic E-state index is -3.74. The molecule has 1 heterocycles. The van der Waals surface area contributed by atoms with E-state index in [1.54, 1.807) is 18.2 Å². The fraction of sp³-hybridized carbons (Fsp3) is 0.435. The predicted molar refractivity (Wildman–Crippen MR) is 125 cm³/mol. The van der Waals surface area contributed by atoms with E-state index in [4.69, 9.17) is 11.6 Å². The van der Waals surface area contributed by atoms with Crippen LogP contribution in [0.1, 0.15) is 37.0 Å². The predicted octanol–water partition coefficient (Wildman–Crippen LogP) is 4.24. The standard InChI is InChI=1S/C23H30ClN3O3S/c1-17-13-18(2)16-27(15-17)12-6-11-25-23(28)21-14-19(9-10-22(21)24)26-31(29,30)20-7-4-3-5-8-20/h3-5,7-10,14,17-18,26H,6,11-13,15-16H2,1-2H3,(H,25,28)/t17-,18-/m1/s1. The van der Waals surface area contributed by atoms with Gasteiger partial charge in [-0.05, 0) is 61.6 Å². The van der Waals surface area contributed by atoms with Gasteiger partial charge in [0.2, 0.25) is 0 Å². The van der Waals surface area contributed by atoms with Crippen molar-refractivity contribution in [2.45, 2.75) is 31.6 Å². The zero-order valence-corrected chi connectivity index (χ0v) is 19.5. The fourth-order valence-corrected chi connectivity index (χ4v) is 5.42. The lowest BCUT2D eigenvalue weighted by molar-refractivity contribution is 0.0947. The number of nitrogens with zero attached hydrogens (tertiary/aromatic N) is 1. The molecule has 0 aromatic heterocycles. The van der Waals surface area contributed by atoms with Crippen molar-refractivity contribution in [1.29, 1.82) is 0 Å². The Morgan fingerprint density at radius 1 is 1.10 bits per heavy atom. The largest absolute Gasteiger partial charge is 0.352 e. The van der Waals surface area contributed by atoms with E-state index in [0.717, 1.165) is 26.1 Å². The number of rotatable bonds is 8. The minimum Gasteiger partial charge on any atom is -0.352 e. The Balaban J connectivity index is 1.56. The third-order valence-corrected chi connectivity index (χ3v) is 7.12. The van der Waals surface area contributed by atoms with Crippen molar-refractivity contribution >= 4 is 33.2 Å². The molecule has 1 fully saturated rings. The van der Waals surface area contributed by atoms with Crippen LogP contribution in [0.25, 0.3) is 0 Å². The monoisotopic (exact) mass is 463 g/mol. The molecule has 2 atom stereocenters. The van der Waals surface area contributed by atoms with Crippen molar-refractivity contribution < 1.29 is 13.2 Å². The molecular formula is C23H30ClN3O3S. The molecule has 1 saturated heterocycles. The minimum absolute atomic E-state index is 0.150. The smallest absolute Gasteiger partial charge is 0.261 e. The first kappa shape index (κ1) is 23.6. The molecule has 0 aliphatic carbocycles. The average molecular weight is 464 g/mol. The van der Waals surface area contributed by atoms with Crippen LogP contribution in [-0.4, -0.2) is 45.4 Å².